The van der Waals surface area contributed by atoms with Gasteiger partial charge in [0.1, 0.15) is 0 Å². The van der Waals surface area contributed by atoms with E-state index in [1.807, 2.05) is 30.1 Å². The van der Waals surface area contributed by atoms with Gasteiger partial charge in [0.15, 0.2) is 0 Å². The van der Waals surface area contributed by atoms with Gasteiger partial charge in [0.05, 0.1) is 0 Å². The standard InChI is InChI=1S/C15H26N2O/c1-4-5-6-9-15(18)17-10-7-8-14(12-17)11-16-13(2)3/h4-6,9,13-14,16H,7-8,10-12H2,1-3H3/b5-4+,9-6+. The third-order valence-corrected chi connectivity index (χ3v) is 3.19. The van der Waals surface area contributed by atoms with Crippen molar-refractivity contribution in [2.24, 2.45) is 5.92 Å². The molecule has 1 aliphatic rings. The Labute approximate surface area is 111 Å². The summed E-state index contributed by atoms with van der Waals surface area (Å²) in [6, 6.07) is 0.519. The van der Waals surface area contributed by atoms with Crippen LogP contribution in [0.25, 0.3) is 0 Å². The van der Waals surface area contributed by atoms with E-state index in [0.717, 1.165) is 26.1 Å². The number of allylic oxidation sites excluding steroid dienone is 3. The molecule has 0 aromatic carbocycles. The van der Waals surface area contributed by atoms with Crippen molar-refractivity contribution < 1.29 is 4.79 Å². The van der Waals surface area contributed by atoms with Crippen molar-refractivity contribution in [1.29, 1.82) is 0 Å². The SMILES string of the molecule is C/C=C/C=C/C(=O)N1CCCC(CNC(C)C)C1. The second-order valence-electron chi connectivity index (χ2n) is 5.24. The maximum Gasteiger partial charge on any atom is 0.246 e. The van der Waals surface area contributed by atoms with Crippen molar-refractivity contribution >= 4 is 5.91 Å². The van der Waals surface area contributed by atoms with Crippen molar-refractivity contribution in [1.82, 2.24) is 10.2 Å². The lowest BCUT2D eigenvalue weighted by Gasteiger charge is -2.32. The molecule has 1 unspecified atom stereocenters. The first kappa shape index (κ1) is 15.0. The molecule has 3 nitrogen and oxygen atoms in total. The fraction of sp³-hybridized carbons (Fsp3) is 0.667. The van der Waals surface area contributed by atoms with Crippen LogP contribution in [-0.2, 0) is 4.79 Å². The summed E-state index contributed by atoms with van der Waals surface area (Å²) in [6.07, 6.45) is 9.64. The van der Waals surface area contributed by atoms with Gasteiger partial charge in [-0.15, -0.1) is 0 Å². The molecule has 0 bridgehead atoms. The Morgan fingerprint density at radius 1 is 1.44 bits per heavy atom. The van der Waals surface area contributed by atoms with E-state index in [4.69, 9.17) is 0 Å². The summed E-state index contributed by atoms with van der Waals surface area (Å²) >= 11 is 0. The highest BCUT2D eigenvalue weighted by Gasteiger charge is 2.22. The Bertz CT molecular complexity index is 308. The normalized spacial score (nSPS) is 21.3. The number of likely N-dealkylation sites (tertiary alicyclic amines) is 1. The molecule has 0 aromatic rings. The first-order valence-corrected chi connectivity index (χ1v) is 6.95. The van der Waals surface area contributed by atoms with Crippen LogP contribution in [0.15, 0.2) is 24.3 Å². The third kappa shape index (κ3) is 5.50. The monoisotopic (exact) mass is 250 g/mol. The summed E-state index contributed by atoms with van der Waals surface area (Å²) in [6.45, 7) is 9.07. The minimum absolute atomic E-state index is 0.141. The van der Waals surface area contributed by atoms with Crippen molar-refractivity contribution in [2.45, 2.75) is 39.7 Å². The average Bonchev–Trinajstić information content (AvgIpc) is 2.37. The van der Waals surface area contributed by atoms with Crippen LogP contribution >= 0.6 is 0 Å². The molecule has 1 saturated heterocycles. The molecule has 0 aromatic heterocycles. The molecule has 1 atom stereocenters. The maximum absolute atomic E-state index is 11.9. The summed E-state index contributed by atoms with van der Waals surface area (Å²) < 4.78 is 0. The van der Waals surface area contributed by atoms with E-state index in [0.29, 0.717) is 12.0 Å². The Morgan fingerprint density at radius 3 is 2.89 bits per heavy atom. The molecule has 0 saturated carbocycles. The molecule has 1 rings (SSSR count). The Hall–Kier alpha value is -1.09. The first-order chi connectivity index (χ1) is 8.63. The zero-order valence-electron chi connectivity index (χ0n) is 11.9. The number of carbonyl (C=O) groups is 1. The number of nitrogens with one attached hydrogen (secondary N) is 1. The quantitative estimate of drug-likeness (QED) is 0.600. The third-order valence-electron chi connectivity index (χ3n) is 3.19. The molecule has 3 heteroatoms. The van der Waals surface area contributed by atoms with Crippen LogP contribution in [0.3, 0.4) is 0 Å². The predicted molar refractivity (Wildman–Crippen MR) is 76.4 cm³/mol. The molecule has 1 amide bonds. The van der Waals surface area contributed by atoms with E-state index in [2.05, 4.69) is 19.2 Å². The van der Waals surface area contributed by atoms with Crippen LogP contribution < -0.4 is 5.32 Å². The van der Waals surface area contributed by atoms with Crippen molar-refractivity contribution in [3.8, 4) is 0 Å². The molecule has 102 valence electrons. The van der Waals surface area contributed by atoms with E-state index < -0.39 is 0 Å². The summed E-state index contributed by atoms with van der Waals surface area (Å²) in [5.41, 5.74) is 0. The zero-order chi connectivity index (χ0) is 13.4. The van der Waals surface area contributed by atoms with Crippen LogP contribution in [0.2, 0.25) is 0 Å². The number of piperidine rings is 1. The average molecular weight is 250 g/mol. The van der Waals surface area contributed by atoms with Crippen molar-refractivity contribution in [3.63, 3.8) is 0 Å². The minimum Gasteiger partial charge on any atom is -0.339 e. The Kier molecular flexibility index (Phi) is 6.73. The predicted octanol–water partition coefficient (Wildman–Crippen LogP) is 2.36. The highest BCUT2D eigenvalue weighted by molar-refractivity contribution is 5.87. The van der Waals surface area contributed by atoms with Gasteiger partial charge < -0.3 is 10.2 Å². The summed E-state index contributed by atoms with van der Waals surface area (Å²) in [5, 5.41) is 3.46. The van der Waals surface area contributed by atoms with Crippen LogP contribution in [0.5, 0.6) is 0 Å². The van der Waals surface area contributed by atoms with E-state index in [1.54, 1.807) is 6.08 Å². The van der Waals surface area contributed by atoms with Gasteiger partial charge in [-0.2, -0.15) is 0 Å². The number of amides is 1. The summed E-state index contributed by atoms with van der Waals surface area (Å²) in [4.78, 5) is 13.9. The highest BCUT2D eigenvalue weighted by atomic mass is 16.2. The lowest BCUT2D eigenvalue weighted by atomic mass is 9.97. The van der Waals surface area contributed by atoms with Gasteiger partial charge >= 0.3 is 0 Å². The van der Waals surface area contributed by atoms with E-state index in [1.165, 1.54) is 6.42 Å². The second kappa shape index (κ2) is 8.09. The van der Waals surface area contributed by atoms with Crippen LogP contribution in [-0.4, -0.2) is 36.5 Å². The van der Waals surface area contributed by atoms with Crippen LogP contribution in [0, 0.1) is 5.92 Å². The van der Waals surface area contributed by atoms with Gasteiger partial charge in [0.25, 0.3) is 0 Å². The molecule has 18 heavy (non-hydrogen) atoms. The second-order valence-corrected chi connectivity index (χ2v) is 5.24. The van der Waals surface area contributed by atoms with E-state index >= 15 is 0 Å². The van der Waals surface area contributed by atoms with Gasteiger partial charge in [-0.1, -0.05) is 32.1 Å². The molecule has 1 N–H and O–H groups in total. The number of carbonyl (C=O) groups excluding carboxylic acids is 1. The largest absolute Gasteiger partial charge is 0.339 e. The summed E-state index contributed by atoms with van der Waals surface area (Å²) in [5.74, 6) is 0.738. The van der Waals surface area contributed by atoms with Crippen LogP contribution in [0.1, 0.15) is 33.6 Å². The van der Waals surface area contributed by atoms with Gasteiger partial charge in [0.2, 0.25) is 5.91 Å². The topological polar surface area (TPSA) is 32.3 Å². The Balaban J connectivity index is 2.40. The van der Waals surface area contributed by atoms with Gasteiger partial charge in [-0.3, -0.25) is 4.79 Å². The molecule has 0 aliphatic carbocycles. The van der Waals surface area contributed by atoms with Crippen LogP contribution in [0.4, 0.5) is 0 Å². The minimum atomic E-state index is 0.141. The fourth-order valence-corrected chi connectivity index (χ4v) is 2.19. The van der Waals surface area contributed by atoms with Gasteiger partial charge in [0, 0.05) is 25.2 Å². The number of hydrogen-bond donors (Lipinski definition) is 1. The Morgan fingerprint density at radius 2 is 2.22 bits per heavy atom. The van der Waals surface area contributed by atoms with E-state index in [-0.39, 0.29) is 5.91 Å². The van der Waals surface area contributed by atoms with E-state index in [9.17, 15) is 4.79 Å². The lowest BCUT2D eigenvalue weighted by molar-refractivity contribution is -0.127. The van der Waals surface area contributed by atoms with Gasteiger partial charge in [-0.05, 0) is 32.2 Å². The zero-order valence-corrected chi connectivity index (χ0v) is 11.9. The number of nitrogens with zero attached hydrogens (tertiary/aromatic N) is 1. The first-order valence-electron chi connectivity index (χ1n) is 6.95. The molecular weight excluding hydrogens is 224 g/mol. The molecule has 0 spiro atoms. The molecule has 1 heterocycles. The molecule has 0 radical (unpaired) electrons. The summed E-state index contributed by atoms with van der Waals surface area (Å²) in [7, 11) is 0. The van der Waals surface area contributed by atoms with Gasteiger partial charge in [-0.25, -0.2) is 0 Å². The number of rotatable bonds is 5. The molecule has 1 aliphatic heterocycles. The number of hydrogen-bond acceptors (Lipinski definition) is 2. The molecular formula is C15H26N2O. The smallest absolute Gasteiger partial charge is 0.246 e. The highest BCUT2D eigenvalue weighted by Crippen LogP contribution is 2.16. The molecule has 1 fully saturated rings. The maximum atomic E-state index is 11.9. The fourth-order valence-electron chi connectivity index (χ4n) is 2.19. The van der Waals surface area contributed by atoms with Crippen molar-refractivity contribution in [2.75, 3.05) is 19.6 Å². The lowest BCUT2D eigenvalue weighted by Crippen LogP contribution is -2.43. The van der Waals surface area contributed by atoms with Crippen molar-refractivity contribution in [3.05, 3.63) is 24.3 Å².